The van der Waals surface area contributed by atoms with E-state index in [0.29, 0.717) is 16.3 Å². The molecule has 114 valence electrons. The molecule has 0 amide bonds. The summed E-state index contributed by atoms with van der Waals surface area (Å²) in [6.45, 7) is 0.00298. The number of para-hydroxylation sites is 1. The zero-order valence-corrected chi connectivity index (χ0v) is 13.4. The third-order valence-electron chi connectivity index (χ3n) is 2.80. The Morgan fingerprint density at radius 3 is 2.50 bits per heavy atom. The molecule has 0 radical (unpaired) electrons. The lowest BCUT2D eigenvalue weighted by atomic mass is 10.2. The van der Waals surface area contributed by atoms with Gasteiger partial charge in [-0.2, -0.15) is 4.72 Å². The number of benzene rings is 2. The molecule has 0 aliphatic rings. The van der Waals surface area contributed by atoms with Crippen LogP contribution in [0.1, 0.15) is 5.56 Å². The molecule has 2 aromatic carbocycles. The standard InChI is InChI=1S/C16H14ClNO3S/c1-21-16-7-3-2-5-13(16)6-4-12-18-22(19,20)15-10-8-14(17)9-11-15/h2-3,5,7-11,18H,12H2,1H3. The van der Waals surface area contributed by atoms with Crippen molar-refractivity contribution in [3.8, 4) is 17.6 Å². The van der Waals surface area contributed by atoms with Crippen molar-refractivity contribution in [1.29, 1.82) is 0 Å². The van der Waals surface area contributed by atoms with Crippen molar-refractivity contribution in [2.75, 3.05) is 13.7 Å². The minimum Gasteiger partial charge on any atom is -0.495 e. The summed E-state index contributed by atoms with van der Waals surface area (Å²) in [6.07, 6.45) is 0. The average Bonchev–Trinajstić information content (AvgIpc) is 2.52. The number of halogens is 1. The molecule has 0 spiro atoms. The van der Waals surface area contributed by atoms with E-state index in [1.54, 1.807) is 19.2 Å². The van der Waals surface area contributed by atoms with Crippen molar-refractivity contribution in [2.24, 2.45) is 0 Å². The minimum atomic E-state index is -3.59. The van der Waals surface area contributed by atoms with Gasteiger partial charge in [0.25, 0.3) is 0 Å². The van der Waals surface area contributed by atoms with Gasteiger partial charge in [0.05, 0.1) is 24.1 Å². The van der Waals surface area contributed by atoms with Gasteiger partial charge in [0.1, 0.15) is 5.75 Å². The van der Waals surface area contributed by atoms with Crippen molar-refractivity contribution in [1.82, 2.24) is 4.72 Å². The van der Waals surface area contributed by atoms with Crippen LogP contribution in [-0.2, 0) is 10.0 Å². The van der Waals surface area contributed by atoms with E-state index in [1.165, 1.54) is 24.3 Å². The Morgan fingerprint density at radius 1 is 1.14 bits per heavy atom. The molecule has 0 heterocycles. The van der Waals surface area contributed by atoms with Crippen LogP contribution in [-0.4, -0.2) is 22.1 Å². The molecule has 6 heteroatoms. The summed E-state index contributed by atoms with van der Waals surface area (Å²) < 4.78 is 31.6. The molecule has 0 unspecified atom stereocenters. The molecular weight excluding hydrogens is 322 g/mol. The number of sulfonamides is 1. The van der Waals surface area contributed by atoms with E-state index in [0.717, 1.165) is 0 Å². The summed E-state index contributed by atoms with van der Waals surface area (Å²) in [5.41, 5.74) is 0.704. The number of rotatable bonds is 4. The molecule has 2 aromatic rings. The van der Waals surface area contributed by atoms with Crippen molar-refractivity contribution in [2.45, 2.75) is 4.90 Å². The van der Waals surface area contributed by atoms with Crippen molar-refractivity contribution >= 4 is 21.6 Å². The quantitative estimate of drug-likeness (QED) is 0.874. The average molecular weight is 336 g/mol. The number of ether oxygens (including phenoxy) is 1. The topological polar surface area (TPSA) is 55.4 Å². The first-order chi connectivity index (χ1) is 10.5. The van der Waals surface area contributed by atoms with Crippen LogP contribution in [0, 0.1) is 11.8 Å². The van der Waals surface area contributed by atoms with Crippen molar-refractivity contribution < 1.29 is 13.2 Å². The maximum atomic E-state index is 12.0. The van der Waals surface area contributed by atoms with Gasteiger partial charge in [0, 0.05) is 5.02 Å². The third kappa shape index (κ3) is 4.25. The molecule has 0 atom stereocenters. The predicted molar refractivity (Wildman–Crippen MR) is 86.5 cm³/mol. The summed E-state index contributed by atoms with van der Waals surface area (Å²) in [4.78, 5) is 0.149. The first kappa shape index (κ1) is 16.4. The molecule has 0 aliphatic carbocycles. The SMILES string of the molecule is COc1ccccc1C#CCNS(=O)(=O)c1ccc(Cl)cc1. The Balaban J connectivity index is 2.05. The second kappa shape index (κ2) is 7.32. The highest BCUT2D eigenvalue weighted by molar-refractivity contribution is 7.89. The van der Waals surface area contributed by atoms with Crippen LogP contribution in [0.4, 0.5) is 0 Å². The third-order valence-corrected chi connectivity index (χ3v) is 4.47. The van der Waals surface area contributed by atoms with E-state index in [9.17, 15) is 8.42 Å². The van der Waals surface area contributed by atoms with Gasteiger partial charge in [-0.05, 0) is 36.4 Å². The normalized spacial score (nSPS) is 10.6. The Morgan fingerprint density at radius 2 is 1.82 bits per heavy atom. The predicted octanol–water partition coefficient (Wildman–Crippen LogP) is 2.68. The minimum absolute atomic E-state index is 0.00298. The van der Waals surface area contributed by atoms with E-state index in [-0.39, 0.29) is 11.4 Å². The fourth-order valence-corrected chi connectivity index (χ4v) is 2.76. The van der Waals surface area contributed by atoms with Crippen LogP contribution in [0.5, 0.6) is 5.75 Å². The highest BCUT2D eigenvalue weighted by Gasteiger charge is 2.11. The molecule has 0 aromatic heterocycles. The lowest BCUT2D eigenvalue weighted by Gasteiger charge is -2.04. The molecule has 2 rings (SSSR count). The molecule has 1 N–H and O–H groups in total. The van der Waals surface area contributed by atoms with Gasteiger partial charge >= 0.3 is 0 Å². The Hall–Kier alpha value is -2.00. The summed E-state index contributed by atoms with van der Waals surface area (Å²) in [5, 5.41) is 0.481. The van der Waals surface area contributed by atoms with Crippen molar-refractivity contribution in [3.05, 3.63) is 59.1 Å². The maximum absolute atomic E-state index is 12.0. The highest BCUT2D eigenvalue weighted by Crippen LogP contribution is 2.15. The number of hydrogen-bond donors (Lipinski definition) is 1. The second-order valence-corrected chi connectivity index (χ2v) is 6.48. The zero-order valence-electron chi connectivity index (χ0n) is 11.8. The van der Waals surface area contributed by atoms with Gasteiger partial charge < -0.3 is 4.74 Å². The molecule has 0 bridgehead atoms. The first-order valence-electron chi connectivity index (χ1n) is 6.40. The lowest BCUT2D eigenvalue weighted by molar-refractivity contribution is 0.413. The summed E-state index contributed by atoms with van der Waals surface area (Å²) in [6, 6.07) is 13.2. The van der Waals surface area contributed by atoms with Crippen LogP contribution in [0.3, 0.4) is 0 Å². The largest absolute Gasteiger partial charge is 0.495 e. The molecular formula is C16H14ClNO3S. The Labute approximate surface area is 135 Å². The highest BCUT2D eigenvalue weighted by atomic mass is 35.5. The van der Waals surface area contributed by atoms with Gasteiger partial charge in [-0.25, -0.2) is 8.42 Å². The van der Waals surface area contributed by atoms with Crippen LogP contribution in [0.15, 0.2) is 53.4 Å². The molecule has 0 saturated heterocycles. The monoisotopic (exact) mass is 335 g/mol. The summed E-state index contributed by atoms with van der Waals surface area (Å²) in [5.74, 6) is 6.29. The second-order valence-electron chi connectivity index (χ2n) is 4.28. The first-order valence-corrected chi connectivity index (χ1v) is 8.26. The number of hydrogen-bond acceptors (Lipinski definition) is 3. The van der Waals surface area contributed by atoms with E-state index < -0.39 is 10.0 Å². The van der Waals surface area contributed by atoms with E-state index >= 15 is 0 Å². The fraction of sp³-hybridized carbons (Fsp3) is 0.125. The van der Waals surface area contributed by atoms with E-state index in [4.69, 9.17) is 16.3 Å². The van der Waals surface area contributed by atoms with Crippen LogP contribution in [0.2, 0.25) is 5.02 Å². The summed E-state index contributed by atoms with van der Waals surface area (Å²) in [7, 11) is -2.03. The molecule has 0 fully saturated rings. The molecule has 0 aliphatic heterocycles. The van der Waals surface area contributed by atoms with Crippen molar-refractivity contribution in [3.63, 3.8) is 0 Å². The molecule has 0 saturated carbocycles. The number of methoxy groups -OCH3 is 1. The van der Waals surface area contributed by atoms with Gasteiger partial charge in [-0.3, -0.25) is 0 Å². The Bertz CT molecular complexity index is 805. The number of nitrogens with one attached hydrogen (secondary N) is 1. The zero-order chi connectivity index (χ0) is 16.0. The van der Waals surface area contributed by atoms with Gasteiger partial charge in [0.2, 0.25) is 10.0 Å². The van der Waals surface area contributed by atoms with Crippen LogP contribution >= 0.6 is 11.6 Å². The van der Waals surface area contributed by atoms with Crippen LogP contribution in [0.25, 0.3) is 0 Å². The van der Waals surface area contributed by atoms with Gasteiger partial charge in [-0.1, -0.05) is 35.6 Å². The maximum Gasteiger partial charge on any atom is 0.241 e. The smallest absolute Gasteiger partial charge is 0.241 e. The fourth-order valence-electron chi connectivity index (χ4n) is 1.72. The Kier molecular flexibility index (Phi) is 5.45. The van der Waals surface area contributed by atoms with E-state index in [2.05, 4.69) is 16.6 Å². The summed E-state index contributed by atoms with van der Waals surface area (Å²) >= 11 is 5.74. The lowest BCUT2D eigenvalue weighted by Crippen LogP contribution is -2.23. The van der Waals surface area contributed by atoms with Gasteiger partial charge in [0.15, 0.2) is 0 Å². The molecule has 22 heavy (non-hydrogen) atoms. The van der Waals surface area contributed by atoms with Gasteiger partial charge in [-0.15, -0.1) is 0 Å². The molecule has 4 nitrogen and oxygen atoms in total. The van der Waals surface area contributed by atoms with Crippen LogP contribution < -0.4 is 9.46 Å². The van der Waals surface area contributed by atoms with E-state index in [1.807, 2.05) is 12.1 Å².